The van der Waals surface area contributed by atoms with Crippen molar-refractivity contribution < 1.29 is 13.2 Å². The van der Waals surface area contributed by atoms with Crippen molar-refractivity contribution in [1.29, 1.82) is 0 Å². The lowest BCUT2D eigenvalue weighted by Gasteiger charge is -2.09. The van der Waals surface area contributed by atoms with Gasteiger partial charge in [0.2, 0.25) is 15.9 Å². The molecule has 25 heavy (non-hydrogen) atoms. The molecule has 134 valence electrons. The van der Waals surface area contributed by atoms with Crippen LogP contribution in [0.2, 0.25) is 0 Å². The number of hydrogen-bond donors (Lipinski definition) is 3. The third kappa shape index (κ3) is 6.30. The standard InChI is InChI=1S/C18H23N3O3S/c1-2-19-14-15-7-6-8-16(13-15)21-18(22)11-12-20-25(23,24)17-9-4-3-5-10-17/h3-10,13,19-20H,2,11-12,14H2,1H3,(H,21,22). The number of carbonyl (C=O) groups excluding carboxylic acids is 1. The van der Waals surface area contributed by atoms with Crippen LogP contribution < -0.4 is 15.4 Å². The SMILES string of the molecule is CCNCc1cccc(NC(=O)CCNS(=O)(=O)c2ccccc2)c1. The van der Waals surface area contributed by atoms with E-state index in [2.05, 4.69) is 15.4 Å². The first-order valence-corrected chi connectivity index (χ1v) is 9.64. The van der Waals surface area contributed by atoms with Gasteiger partial charge in [-0.3, -0.25) is 4.79 Å². The van der Waals surface area contributed by atoms with E-state index in [1.165, 1.54) is 12.1 Å². The van der Waals surface area contributed by atoms with Gasteiger partial charge in [-0.1, -0.05) is 37.3 Å². The zero-order valence-corrected chi connectivity index (χ0v) is 15.0. The molecule has 3 N–H and O–H groups in total. The molecule has 2 rings (SSSR count). The van der Waals surface area contributed by atoms with Crippen molar-refractivity contribution in [2.75, 3.05) is 18.4 Å². The van der Waals surface area contributed by atoms with Crippen LogP contribution in [0.15, 0.2) is 59.5 Å². The highest BCUT2D eigenvalue weighted by Gasteiger charge is 2.13. The second kappa shape index (κ2) is 9.31. The summed E-state index contributed by atoms with van der Waals surface area (Å²) in [5.41, 5.74) is 1.77. The Hall–Kier alpha value is -2.22. The summed E-state index contributed by atoms with van der Waals surface area (Å²) < 4.78 is 26.6. The van der Waals surface area contributed by atoms with Gasteiger partial charge in [0.15, 0.2) is 0 Å². The van der Waals surface area contributed by atoms with E-state index >= 15 is 0 Å². The number of anilines is 1. The number of hydrogen-bond acceptors (Lipinski definition) is 4. The summed E-state index contributed by atoms with van der Waals surface area (Å²) in [5, 5.41) is 6.01. The Balaban J connectivity index is 1.83. The van der Waals surface area contributed by atoms with E-state index < -0.39 is 10.0 Å². The summed E-state index contributed by atoms with van der Waals surface area (Å²) in [6.07, 6.45) is 0.0590. The smallest absolute Gasteiger partial charge is 0.240 e. The molecule has 0 bridgehead atoms. The Morgan fingerprint density at radius 2 is 1.80 bits per heavy atom. The number of benzene rings is 2. The van der Waals surface area contributed by atoms with Crippen LogP contribution in [0.1, 0.15) is 18.9 Å². The summed E-state index contributed by atoms with van der Waals surface area (Å²) >= 11 is 0. The summed E-state index contributed by atoms with van der Waals surface area (Å²) in [4.78, 5) is 12.2. The second-order valence-electron chi connectivity index (χ2n) is 5.49. The van der Waals surface area contributed by atoms with Crippen LogP contribution in [0.5, 0.6) is 0 Å². The molecular weight excluding hydrogens is 338 g/mol. The molecule has 2 aromatic carbocycles. The van der Waals surface area contributed by atoms with Gasteiger partial charge < -0.3 is 10.6 Å². The van der Waals surface area contributed by atoms with E-state index in [0.717, 1.165) is 18.7 Å². The molecule has 0 saturated carbocycles. The Labute approximate surface area is 148 Å². The maximum absolute atomic E-state index is 12.1. The lowest BCUT2D eigenvalue weighted by atomic mass is 10.2. The first kappa shape index (κ1) is 19.1. The molecule has 0 spiro atoms. The fourth-order valence-electron chi connectivity index (χ4n) is 2.23. The lowest BCUT2D eigenvalue weighted by Crippen LogP contribution is -2.27. The normalized spacial score (nSPS) is 11.2. The molecule has 0 aliphatic heterocycles. The van der Waals surface area contributed by atoms with Gasteiger partial charge in [0, 0.05) is 25.2 Å². The second-order valence-corrected chi connectivity index (χ2v) is 7.26. The fraction of sp³-hybridized carbons (Fsp3) is 0.278. The van der Waals surface area contributed by atoms with E-state index in [4.69, 9.17) is 0 Å². The molecule has 0 unspecified atom stereocenters. The van der Waals surface area contributed by atoms with Gasteiger partial charge >= 0.3 is 0 Å². The molecule has 6 nitrogen and oxygen atoms in total. The summed E-state index contributed by atoms with van der Waals surface area (Å²) in [7, 11) is -3.58. The van der Waals surface area contributed by atoms with Crippen LogP contribution in [0.4, 0.5) is 5.69 Å². The zero-order valence-electron chi connectivity index (χ0n) is 14.2. The lowest BCUT2D eigenvalue weighted by molar-refractivity contribution is -0.116. The minimum Gasteiger partial charge on any atom is -0.326 e. The molecule has 7 heteroatoms. The molecule has 0 radical (unpaired) electrons. The average Bonchev–Trinajstić information content (AvgIpc) is 2.61. The molecule has 0 aliphatic rings. The minimum absolute atomic E-state index is 0.0418. The van der Waals surface area contributed by atoms with Crippen molar-refractivity contribution in [2.45, 2.75) is 24.8 Å². The number of sulfonamides is 1. The van der Waals surface area contributed by atoms with Crippen LogP contribution >= 0.6 is 0 Å². The monoisotopic (exact) mass is 361 g/mol. The number of amides is 1. The van der Waals surface area contributed by atoms with E-state index in [9.17, 15) is 13.2 Å². The maximum atomic E-state index is 12.1. The van der Waals surface area contributed by atoms with E-state index in [1.807, 2.05) is 31.2 Å². The largest absolute Gasteiger partial charge is 0.326 e. The fourth-order valence-corrected chi connectivity index (χ4v) is 3.29. The number of nitrogens with one attached hydrogen (secondary N) is 3. The molecule has 0 aliphatic carbocycles. The Kier molecular flexibility index (Phi) is 7.12. The third-order valence-corrected chi connectivity index (χ3v) is 4.96. The number of carbonyl (C=O) groups is 1. The minimum atomic E-state index is -3.58. The van der Waals surface area contributed by atoms with Gasteiger partial charge in [-0.25, -0.2) is 13.1 Å². The van der Waals surface area contributed by atoms with Crippen LogP contribution in [-0.2, 0) is 21.4 Å². The van der Waals surface area contributed by atoms with E-state index in [0.29, 0.717) is 5.69 Å². The molecule has 1 amide bonds. The molecule has 0 aromatic heterocycles. The highest BCUT2D eigenvalue weighted by Crippen LogP contribution is 2.11. The van der Waals surface area contributed by atoms with Crippen molar-refractivity contribution in [3.63, 3.8) is 0 Å². The molecular formula is C18H23N3O3S. The van der Waals surface area contributed by atoms with Crippen LogP contribution in [0.3, 0.4) is 0 Å². The molecule has 0 heterocycles. The summed E-state index contributed by atoms with van der Waals surface area (Å²) in [5.74, 6) is -0.239. The number of rotatable bonds is 9. The van der Waals surface area contributed by atoms with Crippen LogP contribution in [0, 0.1) is 0 Å². The summed E-state index contributed by atoms with van der Waals surface area (Å²) in [6.45, 7) is 3.68. The van der Waals surface area contributed by atoms with E-state index in [1.54, 1.807) is 18.2 Å². The van der Waals surface area contributed by atoms with Crippen LogP contribution in [0.25, 0.3) is 0 Å². The maximum Gasteiger partial charge on any atom is 0.240 e. The molecule has 2 aromatic rings. The average molecular weight is 361 g/mol. The predicted molar refractivity (Wildman–Crippen MR) is 98.7 cm³/mol. The third-order valence-electron chi connectivity index (χ3n) is 3.49. The van der Waals surface area contributed by atoms with Gasteiger partial charge in [0.05, 0.1) is 4.90 Å². The van der Waals surface area contributed by atoms with Gasteiger partial charge in [0.25, 0.3) is 0 Å². The Morgan fingerprint density at radius 1 is 1.04 bits per heavy atom. The predicted octanol–water partition coefficient (Wildman–Crippen LogP) is 2.10. The topological polar surface area (TPSA) is 87.3 Å². The van der Waals surface area contributed by atoms with Crippen LogP contribution in [-0.4, -0.2) is 27.4 Å². The van der Waals surface area contributed by atoms with Crippen molar-refractivity contribution >= 4 is 21.6 Å². The van der Waals surface area contributed by atoms with E-state index in [-0.39, 0.29) is 23.8 Å². The molecule has 0 saturated heterocycles. The Morgan fingerprint density at radius 3 is 2.52 bits per heavy atom. The summed E-state index contributed by atoms with van der Waals surface area (Å²) in [6, 6.07) is 15.6. The van der Waals surface area contributed by atoms with Crippen molar-refractivity contribution in [3.8, 4) is 0 Å². The first-order chi connectivity index (χ1) is 12.0. The van der Waals surface area contributed by atoms with Gasteiger partial charge in [-0.2, -0.15) is 0 Å². The quantitative estimate of drug-likeness (QED) is 0.638. The van der Waals surface area contributed by atoms with Crippen molar-refractivity contribution in [3.05, 3.63) is 60.2 Å². The van der Waals surface area contributed by atoms with Crippen molar-refractivity contribution in [2.24, 2.45) is 0 Å². The van der Waals surface area contributed by atoms with Crippen molar-refractivity contribution in [1.82, 2.24) is 10.0 Å². The zero-order chi connectivity index (χ0) is 18.1. The Bertz CT molecular complexity index is 792. The first-order valence-electron chi connectivity index (χ1n) is 8.15. The highest BCUT2D eigenvalue weighted by molar-refractivity contribution is 7.89. The van der Waals surface area contributed by atoms with Gasteiger partial charge in [0.1, 0.15) is 0 Å². The van der Waals surface area contributed by atoms with Gasteiger partial charge in [-0.05, 0) is 36.4 Å². The van der Waals surface area contributed by atoms with Gasteiger partial charge in [-0.15, -0.1) is 0 Å². The molecule has 0 atom stereocenters. The molecule has 0 fully saturated rings. The highest BCUT2D eigenvalue weighted by atomic mass is 32.2.